The lowest BCUT2D eigenvalue weighted by Crippen LogP contribution is -2.55. The number of imidazole rings is 1. The van der Waals surface area contributed by atoms with Crippen molar-refractivity contribution in [2.75, 3.05) is 6.54 Å². The molecule has 0 aliphatic heterocycles. The molecule has 28 heavy (non-hydrogen) atoms. The molecule has 0 spiro atoms. The molecule has 1 aromatic heterocycles. The minimum Gasteiger partial charge on any atom is -0.481 e. The summed E-state index contributed by atoms with van der Waals surface area (Å²) in [7, 11) is 0. The number of rotatable bonds is 12. The van der Waals surface area contributed by atoms with Crippen molar-refractivity contribution in [2.24, 2.45) is 5.73 Å². The molecule has 0 unspecified atom stereocenters. The fraction of sp³-hybridized carbons (Fsp3) is 0.500. The lowest BCUT2D eigenvalue weighted by molar-refractivity contribution is -0.138. The number of hydrogen-bond donors (Lipinski definition) is 6. The molecule has 154 valence electrons. The van der Waals surface area contributed by atoms with Gasteiger partial charge in [-0.25, -0.2) is 4.98 Å². The van der Waals surface area contributed by atoms with Crippen molar-refractivity contribution in [1.29, 1.82) is 0 Å². The molecule has 0 aliphatic rings. The molecule has 1 rings (SSSR count). The second-order valence-corrected chi connectivity index (χ2v) is 6.02. The highest BCUT2D eigenvalue weighted by atomic mass is 16.4. The van der Waals surface area contributed by atoms with Gasteiger partial charge in [0.05, 0.1) is 18.9 Å². The zero-order valence-corrected chi connectivity index (χ0v) is 15.3. The summed E-state index contributed by atoms with van der Waals surface area (Å²) < 4.78 is 0. The number of nitrogens with two attached hydrogens (primary N) is 1. The summed E-state index contributed by atoms with van der Waals surface area (Å²) in [6, 6.07) is -3.11. The average Bonchev–Trinajstić information content (AvgIpc) is 3.15. The molecule has 0 radical (unpaired) electrons. The van der Waals surface area contributed by atoms with Gasteiger partial charge in [-0.3, -0.25) is 19.2 Å². The van der Waals surface area contributed by atoms with Crippen LogP contribution < -0.4 is 21.7 Å². The van der Waals surface area contributed by atoms with E-state index < -0.39 is 41.8 Å². The van der Waals surface area contributed by atoms with Gasteiger partial charge in [-0.1, -0.05) is 0 Å². The minimum atomic E-state index is -1.17. The van der Waals surface area contributed by atoms with Crippen LogP contribution in [0.2, 0.25) is 0 Å². The number of aldehydes is 1. The highest BCUT2D eigenvalue weighted by Crippen LogP contribution is 2.01. The second kappa shape index (κ2) is 11.4. The summed E-state index contributed by atoms with van der Waals surface area (Å²) in [6.45, 7) is 1.13. The fourth-order valence-electron chi connectivity index (χ4n) is 2.21. The number of H-pyrrole nitrogens is 1. The Balaban J connectivity index is 2.61. The maximum absolute atomic E-state index is 12.3. The summed E-state index contributed by atoms with van der Waals surface area (Å²) in [5.41, 5.74) is 6.44. The predicted molar refractivity (Wildman–Crippen MR) is 95.7 cm³/mol. The van der Waals surface area contributed by atoms with Gasteiger partial charge in [0.1, 0.15) is 18.4 Å². The number of amides is 3. The van der Waals surface area contributed by atoms with E-state index in [1.54, 1.807) is 0 Å². The van der Waals surface area contributed by atoms with Crippen molar-refractivity contribution in [3.63, 3.8) is 0 Å². The van der Waals surface area contributed by atoms with Crippen molar-refractivity contribution in [3.05, 3.63) is 18.2 Å². The van der Waals surface area contributed by atoms with Crippen molar-refractivity contribution in [1.82, 2.24) is 25.9 Å². The first-order valence-corrected chi connectivity index (χ1v) is 8.51. The lowest BCUT2D eigenvalue weighted by atomic mass is 10.1. The third-order valence-corrected chi connectivity index (χ3v) is 3.72. The second-order valence-electron chi connectivity index (χ2n) is 6.02. The Labute approximate surface area is 160 Å². The zero-order valence-electron chi connectivity index (χ0n) is 15.3. The number of carboxylic acid groups (broad SMARTS) is 1. The van der Waals surface area contributed by atoms with Crippen molar-refractivity contribution in [3.8, 4) is 0 Å². The summed E-state index contributed by atoms with van der Waals surface area (Å²) in [5.74, 6) is -3.12. The Hall–Kier alpha value is -3.28. The highest BCUT2D eigenvalue weighted by molar-refractivity contribution is 5.93. The molecule has 0 saturated carbocycles. The van der Waals surface area contributed by atoms with Crippen molar-refractivity contribution in [2.45, 2.75) is 44.3 Å². The van der Waals surface area contributed by atoms with E-state index in [2.05, 4.69) is 25.9 Å². The quantitative estimate of drug-likeness (QED) is 0.207. The van der Waals surface area contributed by atoms with Gasteiger partial charge in [-0.2, -0.15) is 0 Å². The van der Waals surface area contributed by atoms with Gasteiger partial charge in [-0.15, -0.1) is 0 Å². The van der Waals surface area contributed by atoms with Crippen LogP contribution in [0, 0.1) is 0 Å². The molecule has 1 heterocycles. The van der Waals surface area contributed by atoms with Crippen molar-refractivity contribution >= 4 is 30.0 Å². The van der Waals surface area contributed by atoms with E-state index in [4.69, 9.17) is 10.8 Å². The molecule has 3 amide bonds. The van der Waals surface area contributed by atoms with Gasteiger partial charge in [0, 0.05) is 24.7 Å². The SMILES string of the molecule is C[C@H](NC(=O)[C@@H](N)Cc1cnc[nH]1)C(=O)N[C@@H](CCC(=O)O)C(=O)NCC=O. The monoisotopic (exact) mass is 396 g/mol. The van der Waals surface area contributed by atoms with Crippen LogP contribution in [0.4, 0.5) is 0 Å². The van der Waals surface area contributed by atoms with Crippen LogP contribution >= 0.6 is 0 Å². The number of carbonyl (C=O) groups is 5. The highest BCUT2D eigenvalue weighted by Gasteiger charge is 2.26. The Bertz CT molecular complexity index is 692. The number of carboxylic acids is 1. The fourth-order valence-corrected chi connectivity index (χ4v) is 2.21. The van der Waals surface area contributed by atoms with Gasteiger partial charge in [0.25, 0.3) is 0 Å². The maximum Gasteiger partial charge on any atom is 0.303 e. The molecule has 0 bridgehead atoms. The molecule has 3 atom stereocenters. The first kappa shape index (κ1) is 22.8. The molecule has 0 saturated heterocycles. The molecular formula is C16H24N6O6. The topological polar surface area (TPSA) is 196 Å². The predicted octanol–water partition coefficient (Wildman–Crippen LogP) is -2.55. The molecule has 0 aromatic carbocycles. The number of hydrogen-bond acceptors (Lipinski definition) is 7. The van der Waals surface area contributed by atoms with Gasteiger partial charge in [0.15, 0.2) is 0 Å². The Morgan fingerprint density at radius 2 is 1.96 bits per heavy atom. The van der Waals surface area contributed by atoms with E-state index in [1.165, 1.54) is 19.4 Å². The van der Waals surface area contributed by atoms with Crippen molar-refractivity contribution < 1.29 is 29.1 Å². The number of nitrogens with one attached hydrogen (secondary N) is 4. The zero-order chi connectivity index (χ0) is 21.1. The van der Waals surface area contributed by atoms with Crippen LogP contribution in [0.3, 0.4) is 0 Å². The molecule has 0 aliphatic carbocycles. The third-order valence-electron chi connectivity index (χ3n) is 3.72. The molecule has 1 aromatic rings. The van der Waals surface area contributed by atoms with E-state index in [0.29, 0.717) is 12.0 Å². The summed E-state index contributed by atoms with van der Waals surface area (Å²) >= 11 is 0. The van der Waals surface area contributed by atoms with Crippen LogP contribution in [0.5, 0.6) is 0 Å². The van der Waals surface area contributed by atoms with E-state index in [1.807, 2.05) is 0 Å². The first-order valence-electron chi connectivity index (χ1n) is 8.51. The molecule has 12 nitrogen and oxygen atoms in total. The number of aromatic nitrogens is 2. The molecular weight excluding hydrogens is 372 g/mol. The Morgan fingerprint density at radius 1 is 1.25 bits per heavy atom. The van der Waals surface area contributed by atoms with E-state index in [9.17, 15) is 24.0 Å². The number of aliphatic carboxylic acids is 1. The average molecular weight is 396 g/mol. The van der Waals surface area contributed by atoms with Gasteiger partial charge in [0.2, 0.25) is 17.7 Å². The van der Waals surface area contributed by atoms with Crippen LogP contribution in [-0.4, -0.2) is 69.7 Å². The van der Waals surface area contributed by atoms with Crippen LogP contribution in [0.1, 0.15) is 25.5 Å². The van der Waals surface area contributed by atoms with E-state index in [-0.39, 0.29) is 25.8 Å². The van der Waals surface area contributed by atoms with E-state index >= 15 is 0 Å². The molecule has 0 fully saturated rings. The standard InChI is InChI=1S/C16H24N6O6/c1-9(21-15(27)11(17)6-10-7-18-8-20-10)14(26)22-12(2-3-13(24)25)16(28)19-4-5-23/h5,7-9,11-12H,2-4,6,17H2,1H3,(H,18,20)(H,19,28)(H,21,27)(H,22,26)(H,24,25)/t9-,11-,12-/m0/s1. The number of aromatic amines is 1. The maximum atomic E-state index is 12.3. The van der Waals surface area contributed by atoms with Crippen LogP contribution in [0.25, 0.3) is 0 Å². The first-order chi connectivity index (χ1) is 13.2. The summed E-state index contributed by atoms with van der Waals surface area (Å²) in [4.78, 5) is 64.1. The van der Waals surface area contributed by atoms with Crippen LogP contribution in [-0.2, 0) is 30.4 Å². The third kappa shape index (κ3) is 7.95. The molecule has 12 heteroatoms. The lowest BCUT2D eigenvalue weighted by Gasteiger charge is -2.21. The normalized spacial score (nSPS) is 13.6. The van der Waals surface area contributed by atoms with Gasteiger partial charge >= 0.3 is 5.97 Å². The number of nitrogens with zero attached hydrogens (tertiary/aromatic N) is 1. The van der Waals surface area contributed by atoms with Gasteiger partial charge < -0.3 is 36.6 Å². The smallest absolute Gasteiger partial charge is 0.303 e. The van der Waals surface area contributed by atoms with Crippen LogP contribution in [0.15, 0.2) is 12.5 Å². The summed E-state index contributed by atoms with van der Waals surface area (Å²) in [5, 5.41) is 15.8. The molecule has 7 N–H and O–H groups in total. The Morgan fingerprint density at radius 3 is 2.54 bits per heavy atom. The van der Waals surface area contributed by atoms with Gasteiger partial charge in [-0.05, 0) is 13.3 Å². The largest absolute Gasteiger partial charge is 0.481 e. The minimum absolute atomic E-state index is 0.175. The number of carbonyl (C=O) groups excluding carboxylic acids is 4. The Kier molecular flexibility index (Phi) is 9.30. The summed E-state index contributed by atoms with van der Waals surface area (Å²) in [6.07, 6.45) is 3.08. The van der Waals surface area contributed by atoms with E-state index in [0.717, 1.165) is 0 Å².